The molecule has 2 N–H and O–H groups in total. The predicted octanol–water partition coefficient (Wildman–Crippen LogP) is 3.45. The number of benzene rings is 1. The SMILES string of the molecule is CCCNC(=O)N[C@@H](C)CC(C)(C)c1ccccc1. The van der Waals surface area contributed by atoms with Crippen molar-refractivity contribution in [3.05, 3.63) is 35.9 Å². The van der Waals surface area contributed by atoms with Crippen molar-refractivity contribution in [1.29, 1.82) is 0 Å². The van der Waals surface area contributed by atoms with E-state index in [0.29, 0.717) is 0 Å². The van der Waals surface area contributed by atoms with Gasteiger partial charge in [0.1, 0.15) is 0 Å². The van der Waals surface area contributed by atoms with Gasteiger partial charge >= 0.3 is 6.03 Å². The first-order chi connectivity index (χ1) is 8.95. The third-order valence-electron chi connectivity index (χ3n) is 3.28. The molecule has 1 aromatic carbocycles. The molecule has 0 aliphatic rings. The Labute approximate surface area is 116 Å². The normalized spacial score (nSPS) is 12.8. The maximum Gasteiger partial charge on any atom is 0.314 e. The standard InChI is InChI=1S/C16H26N2O/c1-5-11-17-15(19)18-13(2)12-16(3,4)14-9-7-6-8-10-14/h6-10,13H,5,11-12H2,1-4H3,(H2,17,18,19)/t13-/m0/s1. The summed E-state index contributed by atoms with van der Waals surface area (Å²) in [5, 5.41) is 5.83. The van der Waals surface area contributed by atoms with E-state index in [1.54, 1.807) is 0 Å². The summed E-state index contributed by atoms with van der Waals surface area (Å²) in [6, 6.07) is 10.5. The first kappa shape index (κ1) is 15.5. The Morgan fingerprint density at radius 2 is 1.89 bits per heavy atom. The minimum atomic E-state index is -0.0711. The average Bonchev–Trinajstić information content (AvgIpc) is 2.36. The minimum absolute atomic E-state index is 0.0543. The van der Waals surface area contributed by atoms with Gasteiger partial charge in [-0.05, 0) is 30.7 Å². The van der Waals surface area contributed by atoms with Crippen LogP contribution in [0.5, 0.6) is 0 Å². The maximum atomic E-state index is 11.6. The zero-order chi connectivity index (χ0) is 14.3. The smallest absolute Gasteiger partial charge is 0.314 e. The Bertz CT molecular complexity index is 387. The van der Waals surface area contributed by atoms with Crippen LogP contribution in [-0.2, 0) is 5.41 Å². The molecule has 1 rings (SSSR count). The third-order valence-corrected chi connectivity index (χ3v) is 3.28. The van der Waals surface area contributed by atoms with Gasteiger partial charge in [-0.3, -0.25) is 0 Å². The number of hydrogen-bond acceptors (Lipinski definition) is 1. The number of carbonyl (C=O) groups is 1. The lowest BCUT2D eigenvalue weighted by Gasteiger charge is -2.29. The first-order valence-electron chi connectivity index (χ1n) is 7.05. The van der Waals surface area contributed by atoms with Crippen LogP contribution in [0.4, 0.5) is 4.79 Å². The van der Waals surface area contributed by atoms with Crippen molar-refractivity contribution in [1.82, 2.24) is 10.6 Å². The van der Waals surface area contributed by atoms with Crippen molar-refractivity contribution in [3.63, 3.8) is 0 Å². The molecule has 1 atom stereocenters. The summed E-state index contributed by atoms with van der Waals surface area (Å²) in [5.41, 5.74) is 1.36. The molecule has 2 amide bonds. The second-order valence-electron chi connectivity index (χ2n) is 5.76. The molecule has 3 heteroatoms. The number of amides is 2. The van der Waals surface area contributed by atoms with Gasteiger partial charge in [-0.2, -0.15) is 0 Å². The van der Waals surface area contributed by atoms with Crippen molar-refractivity contribution in [2.45, 2.75) is 52.0 Å². The van der Waals surface area contributed by atoms with Gasteiger partial charge in [-0.1, -0.05) is 51.1 Å². The summed E-state index contributed by atoms with van der Waals surface area (Å²) < 4.78 is 0. The molecule has 0 bridgehead atoms. The van der Waals surface area contributed by atoms with Crippen LogP contribution in [0, 0.1) is 0 Å². The molecule has 0 radical (unpaired) electrons. The van der Waals surface area contributed by atoms with Gasteiger partial charge in [0.15, 0.2) is 0 Å². The van der Waals surface area contributed by atoms with E-state index in [2.05, 4.69) is 55.7 Å². The van der Waals surface area contributed by atoms with E-state index in [1.807, 2.05) is 13.0 Å². The number of carbonyl (C=O) groups excluding carboxylic acids is 1. The second-order valence-corrected chi connectivity index (χ2v) is 5.76. The van der Waals surface area contributed by atoms with Crippen LogP contribution in [0.15, 0.2) is 30.3 Å². The Morgan fingerprint density at radius 1 is 1.26 bits per heavy atom. The van der Waals surface area contributed by atoms with Crippen molar-refractivity contribution in [2.24, 2.45) is 0 Å². The molecule has 0 aliphatic heterocycles. The van der Waals surface area contributed by atoms with Crippen LogP contribution in [0.2, 0.25) is 0 Å². The van der Waals surface area contributed by atoms with Crippen LogP contribution in [0.3, 0.4) is 0 Å². The van der Waals surface area contributed by atoms with Crippen LogP contribution < -0.4 is 10.6 Å². The highest BCUT2D eigenvalue weighted by atomic mass is 16.2. The molecule has 0 unspecified atom stereocenters. The number of rotatable bonds is 6. The summed E-state index contributed by atoms with van der Waals surface area (Å²) in [4.78, 5) is 11.6. The fraction of sp³-hybridized carbons (Fsp3) is 0.562. The zero-order valence-electron chi connectivity index (χ0n) is 12.5. The molecule has 0 aliphatic carbocycles. The number of nitrogens with one attached hydrogen (secondary N) is 2. The summed E-state index contributed by atoms with van der Waals surface area (Å²) in [7, 11) is 0. The second kappa shape index (κ2) is 7.17. The molecular formula is C16H26N2O. The first-order valence-corrected chi connectivity index (χ1v) is 7.05. The molecule has 0 saturated heterocycles. The summed E-state index contributed by atoms with van der Waals surface area (Å²) in [6.07, 6.45) is 1.87. The molecule has 0 aromatic heterocycles. The molecule has 106 valence electrons. The van der Waals surface area contributed by atoms with Crippen LogP contribution in [0.25, 0.3) is 0 Å². The van der Waals surface area contributed by atoms with E-state index in [1.165, 1.54) is 5.56 Å². The highest BCUT2D eigenvalue weighted by Crippen LogP contribution is 2.27. The van der Waals surface area contributed by atoms with Gasteiger partial charge in [0.05, 0.1) is 0 Å². The number of hydrogen-bond donors (Lipinski definition) is 2. The van der Waals surface area contributed by atoms with Crippen molar-refractivity contribution in [2.75, 3.05) is 6.54 Å². The highest BCUT2D eigenvalue weighted by molar-refractivity contribution is 5.74. The van der Waals surface area contributed by atoms with Gasteiger partial charge in [-0.25, -0.2) is 4.79 Å². The van der Waals surface area contributed by atoms with E-state index < -0.39 is 0 Å². The molecule has 0 fully saturated rings. The molecule has 0 spiro atoms. The molecule has 3 nitrogen and oxygen atoms in total. The molecule has 0 saturated carbocycles. The molecule has 0 heterocycles. The van der Waals surface area contributed by atoms with Gasteiger partial charge in [0.25, 0.3) is 0 Å². The molecule has 1 aromatic rings. The van der Waals surface area contributed by atoms with Gasteiger partial charge in [0.2, 0.25) is 0 Å². The lowest BCUT2D eigenvalue weighted by molar-refractivity contribution is 0.235. The quantitative estimate of drug-likeness (QED) is 0.810. The van der Waals surface area contributed by atoms with Crippen molar-refractivity contribution >= 4 is 6.03 Å². The van der Waals surface area contributed by atoms with Crippen molar-refractivity contribution < 1.29 is 4.79 Å². The topological polar surface area (TPSA) is 41.1 Å². The average molecular weight is 262 g/mol. The highest BCUT2D eigenvalue weighted by Gasteiger charge is 2.23. The Balaban J connectivity index is 2.51. The Kier molecular flexibility index (Phi) is 5.87. The van der Waals surface area contributed by atoms with Gasteiger partial charge in [-0.15, -0.1) is 0 Å². The third kappa shape index (κ3) is 5.33. The predicted molar refractivity (Wildman–Crippen MR) is 80.4 cm³/mol. The van der Waals surface area contributed by atoms with Gasteiger partial charge < -0.3 is 10.6 Å². The van der Waals surface area contributed by atoms with E-state index >= 15 is 0 Å². The summed E-state index contributed by atoms with van der Waals surface area (Å²) >= 11 is 0. The van der Waals surface area contributed by atoms with Gasteiger partial charge in [0, 0.05) is 12.6 Å². The zero-order valence-corrected chi connectivity index (χ0v) is 12.5. The van der Waals surface area contributed by atoms with Crippen LogP contribution in [-0.4, -0.2) is 18.6 Å². The fourth-order valence-corrected chi connectivity index (χ4v) is 2.34. The van der Waals surface area contributed by atoms with Crippen molar-refractivity contribution in [3.8, 4) is 0 Å². The van der Waals surface area contributed by atoms with E-state index in [9.17, 15) is 4.79 Å². The van der Waals surface area contributed by atoms with Crippen LogP contribution >= 0.6 is 0 Å². The Morgan fingerprint density at radius 3 is 2.47 bits per heavy atom. The minimum Gasteiger partial charge on any atom is -0.338 e. The largest absolute Gasteiger partial charge is 0.338 e. The van der Waals surface area contributed by atoms with E-state index in [-0.39, 0.29) is 17.5 Å². The Hall–Kier alpha value is -1.51. The van der Waals surface area contributed by atoms with Crippen LogP contribution in [0.1, 0.15) is 46.1 Å². The lowest BCUT2D eigenvalue weighted by atomic mass is 9.79. The fourth-order valence-electron chi connectivity index (χ4n) is 2.34. The number of urea groups is 1. The molecular weight excluding hydrogens is 236 g/mol. The van der Waals surface area contributed by atoms with E-state index in [0.717, 1.165) is 19.4 Å². The van der Waals surface area contributed by atoms with E-state index in [4.69, 9.17) is 0 Å². The molecule has 19 heavy (non-hydrogen) atoms. The monoisotopic (exact) mass is 262 g/mol. The summed E-state index contributed by atoms with van der Waals surface area (Å²) in [6.45, 7) is 9.24. The lowest BCUT2D eigenvalue weighted by Crippen LogP contribution is -2.43. The maximum absolute atomic E-state index is 11.6. The summed E-state index contributed by atoms with van der Waals surface area (Å²) in [5.74, 6) is 0.